The van der Waals surface area contributed by atoms with E-state index in [1.165, 1.54) is 25.7 Å². The summed E-state index contributed by atoms with van der Waals surface area (Å²) in [6, 6.07) is 8.13. The minimum atomic E-state index is 0.763. The predicted molar refractivity (Wildman–Crippen MR) is 94.4 cm³/mol. The normalized spacial score (nSPS) is 10.6. The lowest BCUT2D eigenvalue weighted by Crippen LogP contribution is -1.97. The van der Waals surface area contributed by atoms with Crippen molar-refractivity contribution in [2.45, 2.75) is 39.0 Å². The van der Waals surface area contributed by atoms with E-state index in [4.69, 9.17) is 4.74 Å². The second-order valence-electron chi connectivity index (χ2n) is 5.03. The summed E-state index contributed by atoms with van der Waals surface area (Å²) in [5.74, 6) is 0.931. The van der Waals surface area contributed by atoms with Crippen LogP contribution in [0.4, 0.5) is 0 Å². The molecular weight excluding hydrogens is 375 g/mol. The molecule has 0 aliphatic carbocycles. The molecule has 0 aliphatic rings. The molecule has 0 unspecified atom stereocenters. The Hall–Kier alpha value is -1.17. The third-order valence-electron chi connectivity index (χ3n) is 3.32. The highest BCUT2D eigenvalue weighted by molar-refractivity contribution is 14.1. The van der Waals surface area contributed by atoms with E-state index < -0.39 is 0 Å². The Kier molecular flexibility index (Phi) is 6.92. The molecule has 0 amide bonds. The molecule has 112 valence electrons. The van der Waals surface area contributed by atoms with E-state index in [1.54, 1.807) is 0 Å². The van der Waals surface area contributed by atoms with Crippen LogP contribution in [0.25, 0.3) is 11.1 Å². The standard InChI is InChI=1S/C17H21IN2O/c1-2-3-4-5-6-11-21-16-9-7-14(8-10-16)15-12-19-17(18)20-13-15/h7-10,12-13H,2-6,11H2,1H3. The SMILES string of the molecule is CCCCCCCOc1ccc(-c2cnc(I)nc2)cc1. The van der Waals surface area contributed by atoms with Gasteiger partial charge in [-0.05, 0) is 24.1 Å². The van der Waals surface area contributed by atoms with Gasteiger partial charge in [0.2, 0.25) is 0 Å². The molecule has 3 nitrogen and oxygen atoms in total. The number of hydrogen-bond acceptors (Lipinski definition) is 3. The first kappa shape index (κ1) is 16.2. The number of halogens is 1. The van der Waals surface area contributed by atoms with Crippen LogP contribution in [-0.2, 0) is 0 Å². The maximum absolute atomic E-state index is 5.76. The zero-order chi connectivity index (χ0) is 14.9. The molecule has 4 heteroatoms. The number of benzene rings is 1. The molecule has 0 N–H and O–H groups in total. The topological polar surface area (TPSA) is 35.0 Å². The summed E-state index contributed by atoms with van der Waals surface area (Å²) < 4.78 is 6.53. The van der Waals surface area contributed by atoms with Gasteiger partial charge < -0.3 is 4.74 Å². The predicted octanol–water partition coefficient (Wildman–Crippen LogP) is 5.10. The van der Waals surface area contributed by atoms with Gasteiger partial charge in [0.25, 0.3) is 0 Å². The molecule has 21 heavy (non-hydrogen) atoms. The van der Waals surface area contributed by atoms with E-state index in [0.29, 0.717) is 0 Å². The van der Waals surface area contributed by atoms with Gasteiger partial charge in [-0.2, -0.15) is 0 Å². The van der Waals surface area contributed by atoms with Crippen molar-refractivity contribution in [2.75, 3.05) is 6.61 Å². The molecular formula is C17H21IN2O. The molecule has 0 saturated heterocycles. The molecule has 1 aromatic carbocycles. The Bertz CT molecular complexity index is 525. The molecule has 0 atom stereocenters. The quantitative estimate of drug-likeness (QED) is 0.354. The van der Waals surface area contributed by atoms with Crippen LogP contribution in [0.5, 0.6) is 5.75 Å². The Labute approximate surface area is 140 Å². The lowest BCUT2D eigenvalue weighted by atomic mass is 10.1. The van der Waals surface area contributed by atoms with Crippen LogP contribution in [0.3, 0.4) is 0 Å². The summed E-state index contributed by atoms with van der Waals surface area (Å²) in [5.41, 5.74) is 2.14. The largest absolute Gasteiger partial charge is 0.494 e. The van der Waals surface area contributed by atoms with E-state index in [-0.39, 0.29) is 0 Å². The summed E-state index contributed by atoms with van der Waals surface area (Å²) >= 11 is 2.11. The van der Waals surface area contributed by atoms with Crippen LogP contribution in [0.1, 0.15) is 39.0 Å². The second-order valence-corrected chi connectivity index (χ2v) is 5.99. The Morgan fingerprint density at radius 1 is 0.905 bits per heavy atom. The van der Waals surface area contributed by atoms with Crippen LogP contribution in [0.2, 0.25) is 0 Å². The van der Waals surface area contributed by atoms with E-state index in [1.807, 2.05) is 24.5 Å². The van der Waals surface area contributed by atoms with E-state index in [2.05, 4.69) is 51.6 Å². The van der Waals surface area contributed by atoms with E-state index in [9.17, 15) is 0 Å². The van der Waals surface area contributed by atoms with Crippen LogP contribution in [0.15, 0.2) is 36.7 Å². The zero-order valence-corrected chi connectivity index (χ0v) is 14.5. The Morgan fingerprint density at radius 3 is 2.24 bits per heavy atom. The summed E-state index contributed by atoms with van der Waals surface area (Å²) in [6.45, 7) is 3.03. The number of ether oxygens (including phenoxy) is 1. The van der Waals surface area contributed by atoms with Crippen LogP contribution in [0, 0.1) is 3.83 Å². The van der Waals surface area contributed by atoms with Crippen LogP contribution in [-0.4, -0.2) is 16.6 Å². The molecule has 1 aromatic heterocycles. The first-order valence-corrected chi connectivity index (χ1v) is 8.58. The minimum absolute atomic E-state index is 0.763. The van der Waals surface area contributed by atoms with E-state index >= 15 is 0 Å². The average molecular weight is 396 g/mol. The highest BCUT2D eigenvalue weighted by Crippen LogP contribution is 2.21. The van der Waals surface area contributed by atoms with Gasteiger partial charge in [0.15, 0.2) is 3.83 Å². The van der Waals surface area contributed by atoms with Crippen molar-refractivity contribution in [1.82, 2.24) is 9.97 Å². The molecule has 2 rings (SSSR count). The lowest BCUT2D eigenvalue weighted by molar-refractivity contribution is 0.304. The van der Waals surface area contributed by atoms with Crippen LogP contribution < -0.4 is 4.74 Å². The molecule has 2 aromatic rings. The van der Waals surface area contributed by atoms with Gasteiger partial charge in [-0.15, -0.1) is 0 Å². The second kappa shape index (κ2) is 8.97. The van der Waals surface area contributed by atoms with Gasteiger partial charge in [0, 0.05) is 40.5 Å². The molecule has 0 radical (unpaired) electrons. The molecule has 0 fully saturated rings. The zero-order valence-electron chi connectivity index (χ0n) is 12.4. The number of aromatic nitrogens is 2. The average Bonchev–Trinajstić information content (AvgIpc) is 2.52. The van der Waals surface area contributed by atoms with Crippen molar-refractivity contribution in [3.63, 3.8) is 0 Å². The van der Waals surface area contributed by atoms with Crippen molar-refractivity contribution in [3.05, 3.63) is 40.5 Å². The lowest BCUT2D eigenvalue weighted by Gasteiger charge is -2.07. The van der Waals surface area contributed by atoms with Crippen molar-refractivity contribution in [2.24, 2.45) is 0 Å². The fraction of sp³-hybridized carbons (Fsp3) is 0.412. The summed E-state index contributed by atoms with van der Waals surface area (Å²) in [7, 11) is 0. The monoisotopic (exact) mass is 396 g/mol. The van der Waals surface area contributed by atoms with Crippen molar-refractivity contribution in [3.8, 4) is 16.9 Å². The number of unbranched alkanes of at least 4 members (excludes halogenated alkanes) is 4. The smallest absolute Gasteiger partial charge is 0.190 e. The first-order chi connectivity index (χ1) is 10.3. The van der Waals surface area contributed by atoms with Gasteiger partial charge in [-0.1, -0.05) is 44.7 Å². The third kappa shape index (κ3) is 5.61. The molecule has 0 spiro atoms. The molecule has 0 bridgehead atoms. The number of hydrogen-bond donors (Lipinski definition) is 0. The van der Waals surface area contributed by atoms with Gasteiger partial charge in [0.05, 0.1) is 6.61 Å². The highest BCUT2D eigenvalue weighted by Gasteiger charge is 2.00. The number of rotatable bonds is 8. The van der Waals surface area contributed by atoms with Gasteiger partial charge in [-0.3, -0.25) is 0 Å². The maximum atomic E-state index is 5.76. The van der Waals surface area contributed by atoms with Crippen molar-refractivity contribution < 1.29 is 4.74 Å². The summed E-state index contributed by atoms with van der Waals surface area (Å²) in [4.78, 5) is 8.41. The minimum Gasteiger partial charge on any atom is -0.494 e. The Balaban J connectivity index is 1.80. The fourth-order valence-electron chi connectivity index (χ4n) is 2.10. The number of nitrogens with zero attached hydrogens (tertiary/aromatic N) is 2. The Morgan fingerprint density at radius 2 is 1.57 bits per heavy atom. The highest BCUT2D eigenvalue weighted by atomic mass is 127. The van der Waals surface area contributed by atoms with E-state index in [0.717, 1.165) is 33.7 Å². The van der Waals surface area contributed by atoms with Gasteiger partial charge >= 0.3 is 0 Å². The van der Waals surface area contributed by atoms with Crippen molar-refractivity contribution >= 4 is 22.6 Å². The summed E-state index contributed by atoms with van der Waals surface area (Å²) in [6.07, 6.45) is 10.00. The summed E-state index contributed by atoms with van der Waals surface area (Å²) in [5, 5.41) is 0. The van der Waals surface area contributed by atoms with Crippen molar-refractivity contribution in [1.29, 1.82) is 0 Å². The van der Waals surface area contributed by atoms with Gasteiger partial charge in [0.1, 0.15) is 5.75 Å². The maximum Gasteiger partial charge on any atom is 0.190 e. The van der Waals surface area contributed by atoms with Crippen LogP contribution >= 0.6 is 22.6 Å². The van der Waals surface area contributed by atoms with Gasteiger partial charge in [-0.25, -0.2) is 9.97 Å². The molecule has 0 saturated carbocycles. The fourth-order valence-corrected chi connectivity index (χ4v) is 2.38. The third-order valence-corrected chi connectivity index (χ3v) is 3.88. The first-order valence-electron chi connectivity index (χ1n) is 7.50. The molecule has 1 heterocycles. The molecule has 0 aliphatic heterocycles.